The van der Waals surface area contributed by atoms with Crippen LogP contribution in [0.5, 0.6) is 0 Å². The van der Waals surface area contributed by atoms with E-state index in [2.05, 4.69) is 31.7 Å². The lowest BCUT2D eigenvalue weighted by molar-refractivity contribution is 0.720. The highest BCUT2D eigenvalue weighted by molar-refractivity contribution is 5.43. The first-order chi connectivity index (χ1) is 5.33. The average Bonchev–Trinajstić information content (AvgIpc) is 2.37. The zero-order chi connectivity index (χ0) is 8.10. The van der Waals surface area contributed by atoms with Crippen LogP contribution in [0.3, 0.4) is 0 Å². The largest absolute Gasteiger partial charge is 0.0918 e. The molecule has 0 radical (unpaired) electrons. The second-order valence-electron chi connectivity index (χ2n) is 3.08. The highest BCUT2D eigenvalue weighted by Gasteiger charge is 1.98. The third-order valence-electron chi connectivity index (χ3n) is 1.95. The minimum absolute atomic E-state index is 1.15. The van der Waals surface area contributed by atoms with Crippen molar-refractivity contribution in [3.63, 3.8) is 0 Å². The van der Waals surface area contributed by atoms with Crippen LogP contribution < -0.4 is 0 Å². The Bertz CT molecular complexity index is 194. The Hall–Kier alpha value is -0.780. The molecule has 0 aromatic carbocycles. The van der Waals surface area contributed by atoms with Gasteiger partial charge in [0.05, 0.1) is 0 Å². The summed E-state index contributed by atoms with van der Waals surface area (Å²) in [5.41, 5.74) is 2.60. The number of hydrogen-bond acceptors (Lipinski definition) is 0. The van der Waals surface area contributed by atoms with Crippen LogP contribution >= 0.6 is 0 Å². The average molecular weight is 148 g/mol. The Morgan fingerprint density at radius 1 is 1.27 bits per heavy atom. The minimum Gasteiger partial charge on any atom is -0.0918 e. The summed E-state index contributed by atoms with van der Waals surface area (Å²) in [6.07, 6.45) is 11.6. The van der Waals surface area contributed by atoms with Crippen molar-refractivity contribution in [3.05, 3.63) is 36.0 Å². The molecule has 0 atom stereocenters. The third kappa shape index (κ3) is 2.75. The molecule has 0 nitrogen and oxygen atoms in total. The minimum atomic E-state index is 1.15. The second kappa shape index (κ2) is 4.17. The SMILES string of the molecule is C=C1C=CC(CCCCC)=C1. The molecule has 0 saturated heterocycles. The molecule has 60 valence electrons. The van der Waals surface area contributed by atoms with Crippen molar-refractivity contribution < 1.29 is 0 Å². The van der Waals surface area contributed by atoms with E-state index < -0.39 is 0 Å². The number of rotatable bonds is 4. The Morgan fingerprint density at radius 3 is 2.64 bits per heavy atom. The molecule has 1 aliphatic carbocycles. The van der Waals surface area contributed by atoms with Crippen molar-refractivity contribution >= 4 is 0 Å². The first-order valence-corrected chi connectivity index (χ1v) is 4.40. The van der Waals surface area contributed by atoms with Gasteiger partial charge in [-0.25, -0.2) is 0 Å². The number of hydrogen-bond donors (Lipinski definition) is 0. The predicted molar refractivity (Wildman–Crippen MR) is 50.5 cm³/mol. The van der Waals surface area contributed by atoms with Crippen molar-refractivity contribution in [2.45, 2.75) is 32.6 Å². The fourth-order valence-corrected chi connectivity index (χ4v) is 1.28. The van der Waals surface area contributed by atoms with E-state index in [0.29, 0.717) is 0 Å². The van der Waals surface area contributed by atoms with Crippen molar-refractivity contribution in [1.82, 2.24) is 0 Å². The van der Waals surface area contributed by atoms with Gasteiger partial charge in [-0.05, 0) is 24.0 Å². The van der Waals surface area contributed by atoms with Gasteiger partial charge in [0.2, 0.25) is 0 Å². The van der Waals surface area contributed by atoms with E-state index in [1.165, 1.54) is 31.3 Å². The van der Waals surface area contributed by atoms with E-state index in [1.54, 1.807) is 0 Å². The normalized spacial score (nSPS) is 15.7. The summed E-state index contributed by atoms with van der Waals surface area (Å²) in [7, 11) is 0. The lowest BCUT2D eigenvalue weighted by Crippen LogP contribution is -1.77. The maximum absolute atomic E-state index is 3.87. The molecule has 11 heavy (non-hydrogen) atoms. The molecule has 0 fully saturated rings. The molecular weight excluding hydrogens is 132 g/mol. The molecule has 0 heteroatoms. The summed E-state index contributed by atoms with van der Waals surface area (Å²) in [5.74, 6) is 0. The van der Waals surface area contributed by atoms with Crippen LogP contribution in [-0.2, 0) is 0 Å². The first-order valence-electron chi connectivity index (χ1n) is 4.40. The van der Waals surface area contributed by atoms with Crippen LogP contribution in [0.4, 0.5) is 0 Å². The molecule has 0 saturated carbocycles. The van der Waals surface area contributed by atoms with E-state index in [0.717, 1.165) is 5.57 Å². The number of allylic oxidation sites excluding steroid dienone is 5. The zero-order valence-electron chi connectivity index (χ0n) is 7.27. The van der Waals surface area contributed by atoms with Crippen LogP contribution in [0, 0.1) is 0 Å². The van der Waals surface area contributed by atoms with Gasteiger partial charge in [-0.1, -0.05) is 44.6 Å². The van der Waals surface area contributed by atoms with Gasteiger partial charge >= 0.3 is 0 Å². The first kappa shape index (κ1) is 8.32. The van der Waals surface area contributed by atoms with Gasteiger partial charge in [0.25, 0.3) is 0 Å². The third-order valence-corrected chi connectivity index (χ3v) is 1.95. The van der Waals surface area contributed by atoms with Gasteiger partial charge < -0.3 is 0 Å². The molecular formula is C11H16. The topological polar surface area (TPSA) is 0 Å². The molecule has 0 N–H and O–H groups in total. The van der Waals surface area contributed by atoms with Crippen molar-refractivity contribution in [2.24, 2.45) is 0 Å². The fourth-order valence-electron chi connectivity index (χ4n) is 1.28. The van der Waals surface area contributed by atoms with E-state index in [4.69, 9.17) is 0 Å². The van der Waals surface area contributed by atoms with E-state index in [9.17, 15) is 0 Å². The molecule has 1 rings (SSSR count). The molecule has 0 spiro atoms. The highest BCUT2D eigenvalue weighted by atomic mass is 14.0. The Labute approximate surface area is 69.3 Å². The summed E-state index contributed by atoms with van der Waals surface area (Å²) in [6.45, 7) is 6.10. The molecule has 0 bridgehead atoms. The summed E-state index contributed by atoms with van der Waals surface area (Å²) >= 11 is 0. The number of unbranched alkanes of at least 4 members (excludes halogenated alkanes) is 2. The van der Waals surface area contributed by atoms with Gasteiger partial charge in [0, 0.05) is 0 Å². The van der Waals surface area contributed by atoms with Crippen LogP contribution in [-0.4, -0.2) is 0 Å². The van der Waals surface area contributed by atoms with E-state index in [-0.39, 0.29) is 0 Å². The van der Waals surface area contributed by atoms with Gasteiger partial charge in [-0.15, -0.1) is 0 Å². The lowest BCUT2D eigenvalue weighted by atomic mass is 10.1. The van der Waals surface area contributed by atoms with Crippen LogP contribution in [0.15, 0.2) is 36.0 Å². The monoisotopic (exact) mass is 148 g/mol. The van der Waals surface area contributed by atoms with Crippen LogP contribution in [0.25, 0.3) is 0 Å². The highest BCUT2D eigenvalue weighted by Crippen LogP contribution is 2.18. The fraction of sp³-hybridized carbons (Fsp3) is 0.455. The van der Waals surface area contributed by atoms with Gasteiger partial charge in [0.1, 0.15) is 0 Å². The predicted octanol–water partition coefficient (Wildman–Crippen LogP) is 3.62. The molecule has 0 heterocycles. The maximum atomic E-state index is 3.87. The summed E-state index contributed by atoms with van der Waals surface area (Å²) in [6, 6.07) is 0. The summed E-state index contributed by atoms with van der Waals surface area (Å²) in [4.78, 5) is 0. The van der Waals surface area contributed by atoms with Crippen LogP contribution in [0.1, 0.15) is 32.6 Å². The second-order valence-corrected chi connectivity index (χ2v) is 3.08. The molecule has 0 aromatic rings. The Morgan fingerprint density at radius 2 is 2.09 bits per heavy atom. The smallest absolute Gasteiger partial charge is 0.0279 e. The van der Waals surface area contributed by atoms with Gasteiger partial charge in [-0.3, -0.25) is 0 Å². The van der Waals surface area contributed by atoms with E-state index >= 15 is 0 Å². The zero-order valence-corrected chi connectivity index (χ0v) is 7.27. The standard InChI is InChI=1S/C11H16/c1-3-4-5-6-11-8-7-10(2)9-11/h7-9H,2-6H2,1H3. The maximum Gasteiger partial charge on any atom is -0.0279 e. The van der Waals surface area contributed by atoms with E-state index in [1.807, 2.05) is 0 Å². The lowest BCUT2D eigenvalue weighted by Gasteiger charge is -1.96. The summed E-state index contributed by atoms with van der Waals surface area (Å²) < 4.78 is 0. The molecule has 0 amide bonds. The van der Waals surface area contributed by atoms with Gasteiger partial charge in [0.15, 0.2) is 0 Å². The van der Waals surface area contributed by atoms with Crippen molar-refractivity contribution in [1.29, 1.82) is 0 Å². The molecule has 1 aliphatic rings. The molecule has 0 unspecified atom stereocenters. The Kier molecular flexibility index (Phi) is 3.15. The van der Waals surface area contributed by atoms with Gasteiger partial charge in [-0.2, -0.15) is 0 Å². The molecule has 0 aromatic heterocycles. The van der Waals surface area contributed by atoms with Crippen molar-refractivity contribution in [3.8, 4) is 0 Å². The quantitative estimate of drug-likeness (QED) is 0.534. The van der Waals surface area contributed by atoms with Crippen LogP contribution in [0.2, 0.25) is 0 Å². The van der Waals surface area contributed by atoms with Crippen molar-refractivity contribution in [2.75, 3.05) is 0 Å². The molecule has 0 aliphatic heterocycles. The Balaban J connectivity index is 2.23. The summed E-state index contributed by atoms with van der Waals surface area (Å²) in [5, 5.41) is 0.